The minimum Gasteiger partial charge on any atom is -0.481 e. The van der Waals surface area contributed by atoms with Gasteiger partial charge in [-0.1, -0.05) is 12.1 Å². The Morgan fingerprint density at radius 3 is 3.07 bits per heavy atom. The van der Waals surface area contributed by atoms with E-state index in [2.05, 4.69) is 4.98 Å². The molecule has 0 aliphatic carbocycles. The molecule has 0 bridgehead atoms. The second-order valence-corrected chi connectivity index (χ2v) is 3.21. The summed E-state index contributed by atoms with van der Waals surface area (Å²) in [5, 5.41) is 8.70. The van der Waals surface area contributed by atoms with Crippen molar-refractivity contribution in [2.24, 2.45) is 7.05 Å². The molecule has 1 heterocycles. The largest absolute Gasteiger partial charge is 0.481 e. The van der Waals surface area contributed by atoms with Crippen LogP contribution in [0, 0.1) is 0 Å². The standard InChI is InChI=1S/C10H10N2O2/c1-12-6-11-10-7(5-9(13)14)3-2-4-8(10)12/h2-4,6H,5H2,1H3,(H,13,14). The highest BCUT2D eigenvalue weighted by Gasteiger charge is 2.07. The van der Waals surface area contributed by atoms with Crippen LogP contribution in [-0.2, 0) is 18.3 Å². The van der Waals surface area contributed by atoms with E-state index in [1.807, 2.05) is 23.7 Å². The highest BCUT2D eigenvalue weighted by molar-refractivity contribution is 5.83. The van der Waals surface area contributed by atoms with Crippen molar-refractivity contribution in [3.05, 3.63) is 30.1 Å². The Balaban J connectivity index is 2.59. The molecule has 0 aliphatic heterocycles. The number of carboxylic acid groups (broad SMARTS) is 1. The van der Waals surface area contributed by atoms with Crippen LogP contribution in [0.25, 0.3) is 11.0 Å². The summed E-state index contributed by atoms with van der Waals surface area (Å²) in [7, 11) is 1.89. The molecular weight excluding hydrogens is 180 g/mol. The molecule has 0 fully saturated rings. The van der Waals surface area contributed by atoms with E-state index in [0.29, 0.717) is 0 Å². The Hall–Kier alpha value is -1.84. The molecule has 0 atom stereocenters. The van der Waals surface area contributed by atoms with Gasteiger partial charge in [0.15, 0.2) is 0 Å². The van der Waals surface area contributed by atoms with Gasteiger partial charge in [-0.15, -0.1) is 0 Å². The van der Waals surface area contributed by atoms with Gasteiger partial charge in [-0.2, -0.15) is 0 Å². The summed E-state index contributed by atoms with van der Waals surface area (Å²) in [4.78, 5) is 14.8. The lowest BCUT2D eigenvalue weighted by molar-refractivity contribution is -0.136. The summed E-state index contributed by atoms with van der Waals surface area (Å²) in [6, 6.07) is 5.57. The third-order valence-electron chi connectivity index (χ3n) is 2.18. The average Bonchev–Trinajstić information content (AvgIpc) is 2.49. The Morgan fingerprint density at radius 2 is 2.36 bits per heavy atom. The summed E-state index contributed by atoms with van der Waals surface area (Å²) in [5.74, 6) is -0.830. The van der Waals surface area contributed by atoms with Gasteiger partial charge in [-0.05, 0) is 11.6 Å². The number of hydrogen-bond donors (Lipinski definition) is 1. The van der Waals surface area contributed by atoms with Crippen LogP contribution in [0.4, 0.5) is 0 Å². The number of aliphatic carboxylic acids is 1. The first-order valence-corrected chi connectivity index (χ1v) is 4.29. The van der Waals surface area contributed by atoms with E-state index in [9.17, 15) is 4.79 Å². The monoisotopic (exact) mass is 190 g/mol. The van der Waals surface area contributed by atoms with Gasteiger partial charge in [0.2, 0.25) is 0 Å². The fraction of sp³-hybridized carbons (Fsp3) is 0.200. The van der Waals surface area contributed by atoms with Gasteiger partial charge in [0, 0.05) is 7.05 Å². The van der Waals surface area contributed by atoms with Crippen LogP contribution in [0.2, 0.25) is 0 Å². The van der Waals surface area contributed by atoms with Crippen LogP contribution in [0.1, 0.15) is 5.56 Å². The van der Waals surface area contributed by atoms with Gasteiger partial charge < -0.3 is 9.67 Å². The van der Waals surface area contributed by atoms with Crippen LogP contribution >= 0.6 is 0 Å². The number of aryl methyl sites for hydroxylation is 1. The zero-order valence-electron chi connectivity index (χ0n) is 7.77. The maximum Gasteiger partial charge on any atom is 0.307 e. The number of benzene rings is 1. The highest BCUT2D eigenvalue weighted by Crippen LogP contribution is 2.16. The van der Waals surface area contributed by atoms with E-state index in [0.717, 1.165) is 16.6 Å². The highest BCUT2D eigenvalue weighted by atomic mass is 16.4. The maximum atomic E-state index is 10.6. The number of aromatic nitrogens is 2. The minimum absolute atomic E-state index is 0.0222. The molecule has 4 nitrogen and oxygen atoms in total. The summed E-state index contributed by atoms with van der Waals surface area (Å²) in [6.07, 6.45) is 1.71. The summed E-state index contributed by atoms with van der Waals surface area (Å²) in [5.41, 5.74) is 2.50. The number of nitrogens with zero attached hydrogens (tertiary/aromatic N) is 2. The normalized spacial score (nSPS) is 10.6. The molecule has 0 saturated heterocycles. The van der Waals surface area contributed by atoms with Gasteiger partial charge >= 0.3 is 5.97 Å². The number of para-hydroxylation sites is 1. The smallest absolute Gasteiger partial charge is 0.307 e. The lowest BCUT2D eigenvalue weighted by Gasteiger charge is -1.99. The van der Waals surface area contributed by atoms with Crippen LogP contribution in [0.15, 0.2) is 24.5 Å². The van der Waals surface area contributed by atoms with E-state index in [1.54, 1.807) is 12.4 Å². The van der Waals surface area contributed by atoms with Crippen LogP contribution < -0.4 is 0 Å². The van der Waals surface area contributed by atoms with Crippen molar-refractivity contribution in [3.63, 3.8) is 0 Å². The molecule has 2 rings (SSSR count). The van der Waals surface area contributed by atoms with Gasteiger partial charge in [-0.25, -0.2) is 4.98 Å². The van der Waals surface area contributed by atoms with E-state index in [-0.39, 0.29) is 6.42 Å². The average molecular weight is 190 g/mol. The quantitative estimate of drug-likeness (QED) is 0.774. The lowest BCUT2D eigenvalue weighted by Crippen LogP contribution is -2.00. The van der Waals surface area contributed by atoms with Crippen molar-refractivity contribution < 1.29 is 9.90 Å². The fourth-order valence-corrected chi connectivity index (χ4v) is 1.52. The molecule has 4 heteroatoms. The van der Waals surface area contributed by atoms with Crippen molar-refractivity contribution >= 4 is 17.0 Å². The zero-order valence-corrected chi connectivity index (χ0v) is 7.77. The number of imidazole rings is 1. The number of carboxylic acids is 1. The lowest BCUT2D eigenvalue weighted by atomic mass is 10.1. The van der Waals surface area contributed by atoms with Crippen LogP contribution in [0.5, 0.6) is 0 Å². The first kappa shape index (κ1) is 8.74. The Bertz CT molecular complexity index is 488. The number of fused-ring (bicyclic) bond motifs is 1. The van der Waals surface area contributed by atoms with Crippen LogP contribution in [-0.4, -0.2) is 20.6 Å². The maximum absolute atomic E-state index is 10.6. The predicted octanol–water partition coefficient (Wildman–Crippen LogP) is 1.20. The number of carbonyl (C=O) groups is 1. The SMILES string of the molecule is Cn1cnc2c(CC(=O)O)cccc21. The van der Waals surface area contributed by atoms with Gasteiger partial charge in [0.25, 0.3) is 0 Å². The van der Waals surface area contributed by atoms with Gasteiger partial charge in [0.1, 0.15) is 0 Å². The number of hydrogen-bond acceptors (Lipinski definition) is 2. The first-order valence-electron chi connectivity index (χ1n) is 4.29. The van der Waals surface area contributed by atoms with E-state index >= 15 is 0 Å². The molecular formula is C10H10N2O2. The zero-order chi connectivity index (χ0) is 10.1. The van der Waals surface area contributed by atoms with Crippen LogP contribution in [0.3, 0.4) is 0 Å². The first-order chi connectivity index (χ1) is 6.68. The van der Waals surface area contributed by atoms with Crippen molar-refractivity contribution in [2.75, 3.05) is 0 Å². The van der Waals surface area contributed by atoms with Crippen molar-refractivity contribution in [3.8, 4) is 0 Å². The Morgan fingerprint density at radius 1 is 1.57 bits per heavy atom. The van der Waals surface area contributed by atoms with Gasteiger partial charge in [0.05, 0.1) is 23.8 Å². The molecule has 1 aromatic carbocycles. The predicted molar refractivity (Wildman–Crippen MR) is 52.1 cm³/mol. The molecule has 0 spiro atoms. The summed E-state index contributed by atoms with van der Waals surface area (Å²) >= 11 is 0. The molecule has 1 N–H and O–H groups in total. The fourth-order valence-electron chi connectivity index (χ4n) is 1.52. The summed E-state index contributed by atoms with van der Waals surface area (Å²) < 4.78 is 1.88. The second-order valence-electron chi connectivity index (χ2n) is 3.21. The molecule has 0 radical (unpaired) electrons. The molecule has 0 unspecified atom stereocenters. The Kier molecular flexibility index (Phi) is 1.96. The third kappa shape index (κ3) is 1.35. The molecule has 14 heavy (non-hydrogen) atoms. The molecule has 1 aromatic heterocycles. The minimum atomic E-state index is -0.830. The van der Waals surface area contributed by atoms with E-state index in [1.165, 1.54) is 0 Å². The van der Waals surface area contributed by atoms with Crippen molar-refractivity contribution in [2.45, 2.75) is 6.42 Å². The molecule has 0 saturated carbocycles. The molecule has 0 amide bonds. The Labute approximate surface area is 80.8 Å². The van der Waals surface area contributed by atoms with Gasteiger partial charge in [-0.3, -0.25) is 4.79 Å². The third-order valence-corrected chi connectivity index (χ3v) is 2.18. The topological polar surface area (TPSA) is 55.1 Å². The van der Waals surface area contributed by atoms with Crippen molar-refractivity contribution in [1.29, 1.82) is 0 Å². The summed E-state index contributed by atoms with van der Waals surface area (Å²) in [6.45, 7) is 0. The number of rotatable bonds is 2. The molecule has 2 aromatic rings. The second kappa shape index (κ2) is 3.14. The molecule has 0 aliphatic rings. The van der Waals surface area contributed by atoms with Crippen molar-refractivity contribution in [1.82, 2.24) is 9.55 Å². The van der Waals surface area contributed by atoms with E-state index in [4.69, 9.17) is 5.11 Å². The molecule has 72 valence electrons. The van der Waals surface area contributed by atoms with E-state index < -0.39 is 5.97 Å².